The molecule has 2 aliphatic carbocycles. The third-order valence-corrected chi connectivity index (χ3v) is 9.22. The largest absolute Gasteiger partial charge is 0.357 e. The molecule has 2 aromatic carbocycles. The average Bonchev–Trinajstić information content (AvgIpc) is 3.50. The number of pyridine rings is 2. The molecule has 2 unspecified atom stereocenters. The Morgan fingerprint density at radius 3 is 2.29 bits per heavy atom. The Hall–Kier alpha value is -3.80. The lowest BCUT2D eigenvalue weighted by Crippen LogP contribution is -2.42. The first kappa shape index (κ1) is 22.2. The second-order valence-electron chi connectivity index (χ2n) is 12.1. The van der Waals surface area contributed by atoms with E-state index in [9.17, 15) is 4.39 Å². The molecule has 0 radical (unpaired) electrons. The summed E-state index contributed by atoms with van der Waals surface area (Å²) < 4.78 is 14.7. The number of imidazole rings is 1. The van der Waals surface area contributed by atoms with Crippen LogP contribution in [0.2, 0.25) is 0 Å². The van der Waals surface area contributed by atoms with Gasteiger partial charge in [0.15, 0.2) is 0 Å². The summed E-state index contributed by atoms with van der Waals surface area (Å²) in [6.07, 6.45) is 9.71. The maximum absolute atomic E-state index is 14.7. The quantitative estimate of drug-likeness (QED) is 0.235. The van der Waals surface area contributed by atoms with Crippen LogP contribution >= 0.6 is 0 Å². The normalized spacial score (nSPS) is 25.6. The Balaban J connectivity index is 1.46. The topological polar surface area (TPSA) is 70.2 Å². The van der Waals surface area contributed by atoms with Crippen molar-refractivity contribution >= 4 is 43.7 Å². The van der Waals surface area contributed by atoms with Gasteiger partial charge in [-0.05, 0) is 92.3 Å². The number of nitrogens with zero attached hydrogens (tertiary/aromatic N) is 3. The summed E-state index contributed by atoms with van der Waals surface area (Å²) in [5.41, 5.74) is 6.79. The summed E-state index contributed by atoms with van der Waals surface area (Å²) in [5, 5.41) is 2.86. The van der Waals surface area contributed by atoms with Crippen LogP contribution in [0.25, 0.3) is 55.1 Å². The molecule has 4 aromatic heterocycles. The lowest BCUT2D eigenvalue weighted by molar-refractivity contribution is 0.0760. The lowest BCUT2D eigenvalue weighted by Gasteiger charge is -2.50. The number of aromatic amines is 2. The molecule has 190 valence electrons. The first-order valence-corrected chi connectivity index (χ1v) is 13.8. The van der Waals surface area contributed by atoms with Crippen LogP contribution in [-0.4, -0.2) is 24.9 Å². The number of benzene rings is 2. The highest BCUT2D eigenvalue weighted by atomic mass is 19.1. The van der Waals surface area contributed by atoms with Gasteiger partial charge in [0.25, 0.3) is 0 Å². The summed E-state index contributed by atoms with van der Waals surface area (Å²) in [5.74, 6) is 2.62. The zero-order chi connectivity index (χ0) is 25.6. The molecule has 2 bridgehead atoms. The maximum atomic E-state index is 14.7. The minimum atomic E-state index is -0.228. The van der Waals surface area contributed by atoms with Crippen molar-refractivity contribution < 1.29 is 4.39 Å². The van der Waals surface area contributed by atoms with E-state index >= 15 is 0 Å². The van der Waals surface area contributed by atoms with Crippen molar-refractivity contribution in [2.75, 3.05) is 0 Å². The zero-order valence-electron chi connectivity index (χ0n) is 21.7. The van der Waals surface area contributed by atoms with E-state index < -0.39 is 0 Å². The van der Waals surface area contributed by atoms with Crippen molar-refractivity contribution in [2.24, 2.45) is 17.8 Å². The monoisotopic (exact) mass is 503 g/mol. The van der Waals surface area contributed by atoms with Gasteiger partial charge in [-0.3, -0.25) is 9.97 Å². The van der Waals surface area contributed by atoms with E-state index in [1.807, 2.05) is 24.4 Å². The van der Waals surface area contributed by atoms with Crippen LogP contribution in [0.15, 0.2) is 54.9 Å². The van der Waals surface area contributed by atoms with Gasteiger partial charge in [0.2, 0.25) is 0 Å². The van der Waals surface area contributed by atoms with Gasteiger partial charge in [-0.2, -0.15) is 0 Å². The molecule has 0 saturated heterocycles. The molecule has 6 aromatic rings. The van der Waals surface area contributed by atoms with Gasteiger partial charge in [0.05, 0.1) is 22.1 Å². The predicted molar refractivity (Wildman–Crippen MR) is 151 cm³/mol. The highest BCUT2D eigenvalue weighted by Crippen LogP contribution is 2.56. The molecule has 2 aliphatic rings. The van der Waals surface area contributed by atoms with E-state index in [-0.39, 0.29) is 11.2 Å². The van der Waals surface area contributed by atoms with E-state index in [2.05, 4.69) is 45.9 Å². The van der Waals surface area contributed by atoms with Crippen molar-refractivity contribution in [2.45, 2.75) is 51.4 Å². The number of hydrogen-bond acceptors (Lipinski definition) is 3. The average molecular weight is 504 g/mol. The predicted octanol–water partition coefficient (Wildman–Crippen LogP) is 8.05. The molecule has 38 heavy (non-hydrogen) atoms. The molecular formula is C32H30FN5. The molecule has 0 aliphatic heterocycles. The van der Waals surface area contributed by atoms with Gasteiger partial charge in [-0.1, -0.05) is 13.8 Å². The van der Waals surface area contributed by atoms with E-state index in [1.54, 1.807) is 18.3 Å². The van der Waals surface area contributed by atoms with Gasteiger partial charge >= 0.3 is 0 Å². The van der Waals surface area contributed by atoms with Crippen LogP contribution in [-0.2, 0) is 5.41 Å². The highest BCUT2D eigenvalue weighted by Gasteiger charge is 2.47. The summed E-state index contributed by atoms with van der Waals surface area (Å²) in [6, 6.07) is 13.1. The molecule has 8 rings (SSSR count). The molecule has 0 amide bonds. The lowest BCUT2D eigenvalue weighted by atomic mass is 9.55. The van der Waals surface area contributed by atoms with Crippen LogP contribution in [0.4, 0.5) is 4.39 Å². The summed E-state index contributed by atoms with van der Waals surface area (Å²) in [4.78, 5) is 22.1. The number of hydrogen-bond donors (Lipinski definition) is 2. The van der Waals surface area contributed by atoms with Crippen molar-refractivity contribution in [3.63, 3.8) is 0 Å². The summed E-state index contributed by atoms with van der Waals surface area (Å²) >= 11 is 0. The Kier molecular flexibility index (Phi) is 4.59. The Labute approximate surface area is 219 Å². The second kappa shape index (κ2) is 7.85. The fourth-order valence-corrected chi connectivity index (χ4v) is 8.28. The number of fused-ring (bicyclic) bond motifs is 9. The van der Waals surface area contributed by atoms with Crippen molar-refractivity contribution in [3.8, 4) is 11.4 Å². The second-order valence-corrected chi connectivity index (χ2v) is 12.1. The van der Waals surface area contributed by atoms with E-state index in [0.717, 1.165) is 73.9 Å². The van der Waals surface area contributed by atoms with Gasteiger partial charge in [-0.25, -0.2) is 9.37 Å². The van der Waals surface area contributed by atoms with Crippen LogP contribution in [0.5, 0.6) is 0 Å². The molecule has 0 spiro atoms. The minimum absolute atomic E-state index is 0.0387. The molecule has 4 heterocycles. The third kappa shape index (κ3) is 3.12. The van der Waals surface area contributed by atoms with Crippen LogP contribution in [0.1, 0.15) is 51.6 Å². The van der Waals surface area contributed by atoms with E-state index in [0.29, 0.717) is 11.8 Å². The zero-order valence-corrected chi connectivity index (χ0v) is 21.7. The van der Waals surface area contributed by atoms with Gasteiger partial charge in [0.1, 0.15) is 11.6 Å². The molecule has 2 N–H and O–H groups in total. The first-order chi connectivity index (χ1) is 18.5. The summed E-state index contributed by atoms with van der Waals surface area (Å²) in [7, 11) is 0. The SMILES string of the molecule is CC1CC2CC(C)CC(c3[nH]c4ccc(F)cc4c3-c3nc4c5cccnc5c5ncccc5c4[nH]3)(C1)C2. The Morgan fingerprint density at radius 2 is 1.53 bits per heavy atom. The molecule has 2 atom stereocenters. The molecule has 2 saturated carbocycles. The van der Waals surface area contributed by atoms with Crippen LogP contribution in [0, 0.1) is 23.6 Å². The van der Waals surface area contributed by atoms with Crippen LogP contribution < -0.4 is 0 Å². The van der Waals surface area contributed by atoms with Crippen molar-refractivity contribution in [1.29, 1.82) is 0 Å². The number of aromatic nitrogens is 5. The van der Waals surface area contributed by atoms with Gasteiger partial charge in [-0.15, -0.1) is 0 Å². The number of halogens is 1. The molecular weight excluding hydrogens is 473 g/mol. The molecule has 6 heteroatoms. The molecule has 2 fully saturated rings. The standard InChI is InChI=1S/C32H30FN5/c1-17-11-19-12-18(2)15-32(14-17,16-19)30-25(23-13-20(33)7-8-24(23)36-30)31-37-28-21-5-3-9-34-26(21)27-22(29(28)38-31)6-4-10-35-27/h3-10,13,17-19,36H,11-12,14-16H2,1-2H3,(H,37,38). The minimum Gasteiger partial charge on any atom is -0.357 e. The third-order valence-electron chi connectivity index (χ3n) is 9.22. The Morgan fingerprint density at radius 1 is 0.816 bits per heavy atom. The van der Waals surface area contributed by atoms with E-state index in [4.69, 9.17) is 4.98 Å². The number of H-pyrrole nitrogens is 2. The fraction of sp³-hybridized carbons (Fsp3) is 0.344. The van der Waals surface area contributed by atoms with Crippen molar-refractivity contribution in [1.82, 2.24) is 24.9 Å². The van der Waals surface area contributed by atoms with E-state index in [1.165, 1.54) is 25.0 Å². The fourth-order valence-electron chi connectivity index (χ4n) is 8.28. The number of rotatable bonds is 2. The Bertz CT molecular complexity index is 1790. The smallest absolute Gasteiger partial charge is 0.141 e. The van der Waals surface area contributed by atoms with Crippen molar-refractivity contribution in [3.05, 3.63) is 66.4 Å². The highest BCUT2D eigenvalue weighted by molar-refractivity contribution is 6.21. The number of nitrogens with one attached hydrogen (secondary N) is 2. The van der Waals surface area contributed by atoms with Gasteiger partial charge in [0, 0.05) is 50.7 Å². The first-order valence-electron chi connectivity index (χ1n) is 13.8. The van der Waals surface area contributed by atoms with Gasteiger partial charge < -0.3 is 9.97 Å². The maximum Gasteiger partial charge on any atom is 0.141 e. The van der Waals surface area contributed by atoms with Crippen LogP contribution in [0.3, 0.4) is 0 Å². The summed E-state index contributed by atoms with van der Waals surface area (Å²) in [6.45, 7) is 4.80. The molecule has 5 nitrogen and oxygen atoms in total.